The smallest absolute Gasteiger partial charge is 0.0249 e. The third kappa shape index (κ3) is 4.38. The molecule has 1 aliphatic heterocycles. The number of hydrogen-bond donors (Lipinski definition) is 0. The molecular weight excluding hydrogens is 284 g/mol. The molecule has 1 aromatic rings. The lowest BCUT2D eigenvalue weighted by molar-refractivity contribution is 1.20. The molecule has 1 unspecified atom stereocenters. The summed E-state index contributed by atoms with van der Waals surface area (Å²) in [6.45, 7) is 10.5. The molecule has 0 N–H and O–H groups in total. The Labute approximate surface area is 139 Å². The van der Waals surface area contributed by atoms with Crippen LogP contribution in [0.1, 0.15) is 31.4 Å². The van der Waals surface area contributed by atoms with Gasteiger partial charge >= 0.3 is 0 Å². The first-order valence-electron chi connectivity index (χ1n) is 7.71. The van der Waals surface area contributed by atoms with Crippen molar-refractivity contribution in [3.8, 4) is 0 Å². The average Bonchev–Trinajstić information content (AvgIpc) is 2.58. The SMILES string of the molecule is C=C/C=C(\C1=C(/C)C/C=C\C=C/C(C)S1)c1ccc(C)cc1. The summed E-state index contributed by atoms with van der Waals surface area (Å²) in [5.74, 6) is 0. The zero-order valence-corrected chi connectivity index (χ0v) is 14.5. The molecule has 2 rings (SSSR count). The van der Waals surface area contributed by atoms with Crippen LogP contribution in [0.15, 0.2) is 77.8 Å². The third-order valence-corrected chi connectivity index (χ3v) is 4.97. The molecule has 0 spiro atoms. The lowest BCUT2D eigenvalue weighted by Crippen LogP contribution is -1.97. The van der Waals surface area contributed by atoms with Gasteiger partial charge in [0.15, 0.2) is 0 Å². The number of rotatable bonds is 3. The summed E-state index contributed by atoms with van der Waals surface area (Å²) in [6.07, 6.45) is 13.8. The highest BCUT2D eigenvalue weighted by Crippen LogP contribution is 2.38. The fraction of sp³-hybridized carbons (Fsp3) is 0.238. The molecule has 1 aliphatic rings. The van der Waals surface area contributed by atoms with Gasteiger partial charge in [0, 0.05) is 10.2 Å². The van der Waals surface area contributed by atoms with E-state index in [0.29, 0.717) is 5.25 Å². The number of thioether (sulfide) groups is 1. The summed E-state index contributed by atoms with van der Waals surface area (Å²) >= 11 is 1.93. The largest absolute Gasteiger partial charge is 0.118 e. The van der Waals surface area contributed by atoms with Gasteiger partial charge in [0.1, 0.15) is 0 Å². The molecule has 0 aliphatic carbocycles. The first kappa shape index (κ1) is 16.6. The first-order chi connectivity index (χ1) is 10.6. The van der Waals surface area contributed by atoms with Crippen molar-refractivity contribution in [3.63, 3.8) is 0 Å². The Kier molecular flexibility index (Phi) is 6.09. The van der Waals surface area contributed by atoms with E-state index in [-0.39, 0.29) is 0 Å². The van der Waals surface area contributed by atoms with Crippen molar-refractivity contribution in [1.82, 2.24) is 0 Å². The van der Waals surface area contributed by atoms with Crippen molar-refractivity contribution in [2.75, 3.05) is 0 Å². The van der Waals surface area contributed by atoms with Crippen LogP contribution in [0.2, 0.25) is 0 Å². The Hall–Kier alpha value is -1.73. The second-order valence-corrected chi connectivity index (χ2v) is 7.02. The predicted octanol–water partition coefficient (Wildman–Crippen LogP) is 6.48. The standard InChI is InChI=1S/C21H24S/c1-5-9-20(19-14-12-16(2)13-15-19)21-17(3)10-7-6-8-11-18(4)22-21/h5-9,11-15,18H,1,10H2,2-4H3/b7-6-,11-8-,20-9-,21-17-. The van der Waals surface area contributed by atoms with E-state index < -0.39 is 0 Å². The average molecular weight is 308 g/mol. The molecule has 1 atom stereocenters. The van der Waals surface area contributed by atoms with Gasteiger partial charge in [-0.15, -0.1) is 11.8 Å². The fourth-order valence-electron chi connectivity index (χ4n) is 2.41. The third-order valence-electron chi connectivity index (χ3n) is 3.64. The van der Waals surface area contributed by atoms with Crippen LogP contribution in [0.25, 0.3) is 5.57 Å². The van der Waals surface area contributed by atoms with Crippen LogP contribution in [0, 0.1) is 6.92 Å². The van der Waals surface area contributed by atoms with E-state index in [9.17, 15) is 0 Å². The normalized spacial score (nSPS) is 25.8. The van der Waals surface area contributed by atoms with Gasteiger partial charge in [-0.05, 0) is 38.3 Å². The van der Waals surface area contributed by atoms with Crippen molar-refractivity contribution in [3.05, 3.63) is 88.9 Å². The van der Waals surface area contributed by atoms with E-state index in [1.165, 1.54) is 27.2 Å². The molecule has 0 saturated heterocycles. The molecule has 22 heavy (non-hydrogen) atoms. The van der Waals surface area contributed by atoms with E-state index >= 15 is 0 Å². The van der Waals surface area contributed by atoms with Gasteiger partial charge in [0.05, 0.1) is 0 Å². The number of aryl methyl sites for hydroxylation is 1. The summed E-state index contributed by atoms with van der Waals surface area (Å²) in [5.41, 5.74) is 5.22. The minimum absolute atomic E-state index is 0.450. The molecule has 114 valence electrons. The molecule has 0 fully saturated rings. The van der Waals surface area contributed by atoms with E-state index in [0.717, 1.165) is 6.42 Å². The lowest BCUT2D eigenvalue weighted by Gasteiger charge is -2.18. The maximum absolute atomic E-state index is 3.91. The quantitative estimate of drug-likeness (QED) is 0.576. The first-order valence-corrected chi connectivity index (χ1v) is 8.59. The van der Waals surface area contributed by atoms with Gasteiger partial charge in [-0.2, -0.15) is 0 Å². The van der Waals surface area contributed by atoms with Crippen LogP contribution in [0.4, 0.5) is 0 Å². The van der Waals surface area contributed by atoms with Gasteiger partial charge in [0.2, 0.25) is 0 Å². The topological polar surface area (TPSA) is 0 Å². The van der Waals surface area contributed by atoms with Gasteiger partial charge < -0.3 is 0 Å². The van der Waals surface area contributed by atoms with Crippen LogP contribution < -0.4 is 0 Å². The highest BCUT2D eigenvalue weighted by atomic mass is 32.2. The van der Waals surface area contributed by atoms with Crippen LogP contribution in [-0.2, 0) is 0 Å². The summed E-state index contributed by atoms with van der Waals surface area (Å²) in [6, 6.07) is 8.75. The van der Waals surface area contributed by atoms with Crippen molar-refractivity contribution < 1.29 is 0 Å². The van der Waals surface area contributed by atoms with Crippen molar-refractivity contribution in [2.45, 2.75) is 32.4 Å². The molecule has 0 amide bonds. The van der Waals surface area contributed by atoms with Crippen molar-refractivity contribution in [1.29, 1.82) is 0 Å². The maximum Gasteiger partial charge on any atom is 0.0249 e. The number of allylic oxidation sites excluding steroid dienone is 7. The number of benzene rings is 1. The zero-order chi connectivity index (χ0) is 15.9. The van der Waals surface area contributed by atoms with E-state index in [1.54, 1.807) is 0 Å². The fourth-order valence-corrected chi connectivity index (χ4v) is 3.55. The minimum atomic E-state index is 0.450. The second-order valence-electron chi connectivity index (χ2n) is 5.63. The molecule has 1 aromatic carbocycles. The highest BCUT2D eigenvalue weighted by Gasteiger charge is 2.14. The molecule has 1 heteroatoms. The maximum atomic E-state index is 3.91. The van der Waals surface area contributed by atoms with Crippen molar-refractivity contribution in [2.24, 2.45) is 0 Å². The van der Waals surface area contributed by atoms with Crippen LogP contribution in [0.3, 0.4) is 0 Å². The van der Waals surface area contributed by atoms with E-state index in [2.05, 4.69) is 82.0 Å². The minimum Gasteiger partial charge on any atom is -0.118 e. The van der Waals surface area contributed by atoms with Gasteiger partial charge in [-0.25, -0.2) is 0 Å². The molecule has 0 radical (unpaired) electrons. The van der Waals surface area contributed by atoms with Gasteiger partial charge in [0.25, 0.3) is 0 Å². The number of hydrogen-bond acceptors (Lipinski definition) is 1. The molecule has 0 bridgehead atoms. The molecule has 0 saturated carbocycles. The predicted molar refractivity (Wildman–Crippen MR) is 102 cm³/mol. The summed E-state index contributed by atoms with van der Waals surface area (Å²) in [4.78, 5) is 1.37. The van der Waals surface area contributed by atoms with Crippen LogP contribution in [-0.4, -0.2) is 5.25 Å². The van der Waals surface area contributed by atoms with Crippen LogP contribution in [0.5, 0.6) is 0 Å². The second kappa shape index (κ2) is 8.05. The highest BCUT2D eigenvalue weighted by molar-refractivity contribution is 8.04. The summed E-state index contributed by atoms with van der Waals surface area (Å²) in [7, 11) is 0. The Morgan fingerprint density at radius 1 is 1.18 bits per heavy atom. The summed E-state index contributed by atoms with van der Waals surface area (Å²) in [5, 5.41) is 0.450. The van der Waals surface area contributed by atoms with E-state index in [4.69, 9.17) is 0 Å². The van der Waals surface area contributed by atoms with Crippen LogP contribution >= 0.6 is 11.8 Å². The van der Waals surface area contributed by atoms with Gasteiger partial charge in [-0.3, -0.25) is 0 Å². The molecular formula is C21H24S. The Balaban J connectivity index is 2.49. The Morgan fingerprint density at radius 2 is 1.91 bits per heavy atom. The molecule has 0 aromatic heterocycles. The van der Waals surface area contributed by atoms with Gasteiger partial charge in [-0.1, -0.05) is 78.4 Å². The zero-order valence-electron chi connectivity index (χ0n) is 13.7. The lowest BCUT2D eigenvalue weighted by atomic mass is 10.00. The molecule has 0 nitrogen and oxygen atoms in total. The monoisotopic (exact) mass is 308 g/mol. The van der Waals surface area contributed by atoms with Crippen molar-refractivity contribution >= 4 is 17.3 Å². The van der Waals surface area contributed by atoms with E-state index in [1.807, 2.05) is 17.8 Å². The summed E-state index contributed by atoms with van der Waals surface area (Å²) < 4.78 is 0. The Morgan fingerprint density at radius 3 is 2.59 bits per heavy atom. The Bertz CT molecular complexity index is 639. The molecule has 1 heterocycles.